The van der Waals surface area contributed by atoms with E-state index in [4.69, 9.17) is 23.2 Å². The molecule has 1 amide bonds. The number of carbonyl (C=O) groups excluding carboxylic acids is 1. The standard InChI is InChI=1S/C17H24Cl2N2O3S/c1-12(17(22)20(2)14-7-5-4-6-8-14)21(25(3,23)24)16-11-13(18)9-10-15(16)19/h9-12,14H,4-8H2,1-3H3. The van der Waals surface area contributed by atoms with Crippen molar-refractivity contribution < 1.29 is 13.2 Å². The summed E-state index contributed by atoms with van der Waals surface area (Å²) in [5, 5.41) is 0.586. The molecule has 1 fully saturated rings. The monoisotopic (exact) mass is 406 g/mol. The number of sulfonamides is 1. The Balaban J connectivity index is 2.34. The van der Waals surface area contributed by atoms with Crippen molar-refractivity contribution >= 4 is 44.8 Å². The highest BCUT2D eigenvalue weighted by Gasteiger charge is 2.34. The molecular weight excluding hydrogens is 383 g/mol. The molecule has 0 N–H and O–H groups in total. The van der Waals surface area contributed by atoms with Gasteiger partial charge in [0, 0.05) is 18.1 Å². The summed E-state index contributed by atoms with van der Waals surface area (Å²) < 4.78 is 25.8. The van der Waals surface area contributed by atoms with Crippen molar-refractivity contribution in [1.82, 2.24) is 4.90 Å². The molecule has 140 valence electrons. The zero-order chi connectivity index (χ0) is 18.8. The quantitative estimate of drug-likeness (QED) is 0.743. The van der Waals surface area contributed by atoms with E-state index in [9.17, 15) is 13.2 Å². The fourth-order valence-corrected chi connectivity index (χ4v) is 4.97. The van der Waals surface area contributed by atoms with Crippen LogP contribution in [0.2, 0.25) is 10.0 Å². The van der Waals surface area contributed by atoms with Crippen LogP contribution < -0.4 is 4.31 Å². The smallest absolute Gasteiger partial charge is 0.246 e. The van der Waals surface area contributed by atoms with Crippen LogP contribution in [0.25, 0.3) is 0 Å². The summed E-state index contributed by atoms with van der Waals surface area (Å²) in [7, 11) is -1.98. The van der Waals surface area contributed by atoms with Crippen LogP contribution in [0.4, 0.5) is 5.69 Å². The Morgan fingerprint density at radius 1 is 1.20 bits per heavy atom. The zero-order valence-electron chi connectivity index (χ0n) is 14.7. The van der Waals surface area contributed by atoms with Crippen LogP contribution in [0.3, 0.4) is 0 Å². The summed E-state index contributed by atoms with van der Waals surface area (Å²) in [5.74, 6) is -0.242. The summed E-state index contributed by atoms with van der Waals surface area (Å²) in [5.41, 5.74) is 0.217. The van der Waals surface area contributed by atoms with Crippen LogP contribution >= 0.6 is 23.2 Å². The molecule has 0 aromatic heterocycles. The molecule has 8 heteroatoms. The van der Waals surface area contributed by atoms with E-state index in [0.29, 0.717) is 5.02 Å². The molecular formula is C17H24Cl2N2O3S. The zero-order valence-corrected chi connectivity index (χ0v) is 17.0. The first-order valence-corrected chi connectivity index (χ1v) is 10.9. The van der Waals surface area contributed by atoms with E-state index in [2.05, 4.69) is 0 Å². The number of halogens is 2. The number of nitrogens with zero attached hydrogens (tertiary/aromatic N) is 2. The molecule has 5 nitrogen and oxygen atoms in total. The first-order valence-electron chi connectivity index (χ1n) is 8.34. The summed E-state index contributed by atoms with van der Waals surface area (Å²) in [6.07, 6.45) is 6.33. The Morgan fingerprint density at radius 2 is 1.80 bits per heavy atom. The Kier molecular flexibility index (Phi) is 6.62. The fraction of sp³-hybridized carbons (Fsp3) is 0.588. The molecule has 25 heavy (non-hydrogen) atoms. The summed E-state index contributed by atoms with van der Waals surface area (Å²) in [6, 6.07) is 3.82. The number of rotatable bonds is 5. The number of amides is 1. The Morgan fingerprint density at radius 3 is 2.36 bits per heavy atom. The Bertz CT molecular complexity index is 733. The SMILES string of the molecule is CC(C(=O)N(C)C1CCCCC1)N(c1cc(Cl)ccc1Cl)S(C)(=O)=O. The first kappa shape index (κ1) is 20.3. The fourth-order valence-electron chi connectivity index (χ4n) is 3.37. The largest absolute Gasteiger partial charge is 0.341 e. The van der Waals surface area contributed by atoms with Gasteiger partial charge >= 0.3 is 0 Å². The minimum Gasteiger partial charge on any atom is -0.341 e. The molecule has 0 heterocycles. The van der Waals surface area contributed by atoms with Gasteiger partial charge in [0.15, 0.2) is 0 Å². The van der Waals surface area contributed by atoms with E-state index in [1.165, 1.54) is 18.6 Å². The molecule has 1 unspecified atom stereocenters. The second-order valence-corrected chi connectivity index (χ2v) is 9.27. The molecule has 1 saturated carbocycles. The molecule has 0 aliphatic heterocycles. The third-order valence-corrected chi connectivity index (χ3v) is 6.46. The molecule has 0 spiro atoms. The molecule has 1 aromatic carbocycles. The lowest BCUT2D eigenvalue weighted by molar-refractivity contribution is -0.133. The molecule has 1 aliphatic carbocycles. The van der Waals surface area contributed by atoms with E-state index in [0.717, 1.165) is 36.2 Å². The second-order valence-electron chi connectivity index (χ2n) is 6.57. The summed E-state index contributed by atoms with van der Waals surface area (Å²) in [4.78, 5) is 14.6. The number of likely N-dealkylation sites (N-methyl/N-ethyl adjacent to an activating group) is 1. The van der Waals surface area contributed by atoms with Gasteiger partial charge in [0.05, 0.1) is 17.0 Å². The van der Waals surface area contributed by atoms with Gasteiger partial charge in [0.25, 0.3) is 0 Å². The van der Waals surface area contributed by atoms with Gasteiger partial charge in [-0.15, -0.1) is 0 Å². The van der Waals surface area contributed by atoms with Crippen LogP contribution in [-0.2, 0) is 14.8 Å². The minimum atomic E-state index is -3.72. The summed E-state index contributed by atoms with van der Waals surface area (Å²) >= 11 is 12.2. The predicted molar refractivity (Wildman–Crippen MR) is 103 cm³/mol. The Labute approximate surface area is 159 Å². The van der Waals surface area contributed by atoms with Crippen LogP contribution in [0.15, 0.2) is 18.2 Å². The number of benzene rings is 1. The van der Waals surface area contributed by atoms with Gasteiger partial charge in [-0.25, -0.2) is 8.42 Å². The van der Waals surface area contributed by atoms with E-state index < -0.39 is 16.1 Å². The lowest BCUT2D eigenvalue weighted by atomic mass is 9.94. The van der Waals surface area contributed by atoms with Crippen molar-refractivity contribution in [2.24, 2.45) is 0 Å². The van der Waals surface area contributed by atoms with Crippen molar-refractivity contribution in [3.8, 4) is 0 Å². The highest BCUT2D eigenvalue weighted by atomic mass is 35.5. The molecule has 1 aromatic rings. The number of hydrogen-bond acceptors (Lipinski definition) is 3. The van der Waals surface area contributed by atoms with E-state index in [-0.39, 0.29) is 22.7 Å². The van der Waals surface area contributed by atoms with Crippen molar-refractivity contribution in [3.05, 3.63) is 28.2 Å². The van der Waals surface area contributed by atoms with Crippen molar-refractivity contribution in [3.63, 3.8) is 0 Å². The van der Waals surface area contributed by atoms with Crippen molar-refractivity contribution in [1.29, 1.82) is 0 Å². The van der Waals surface area contributed by atoms with Crippen LogP contribution in [0.5, 0.6) is 0 Å². The van der Waals surface area contributed by atoms with Gasteiger partial charge in [-0.05, 0) is 38.0 Å². The van der Waals surface area contributed by atoms with Gasteiger partial charge in [-0.2, -0.15) is 0 Å². The third-order valence-electron chi connectivity index (χ3n) is 4.68. The molecule has 1 atom stereocenters. The molecule has 0 bridgehead atoms. The van der Waals surface area contributed by atoms with E-state index in [1.807, 2.05) is 0 Å². The van der Waals surface area contributed by atoms with Crippen LogP contribution in [-0.4, -0.2) is 44.6 Å². The van der Waals surface area contributed by atoms with Gasteiger partial charge in [0.1, 0.15) is 6.04 Å². The average Bonchev–Trinajstić information content (AvgIpc) is 2.56. The highest BCUT2D eigenvalue weighted by molar-refractivity contribution is 7.92. The third kappa shape index (κ3) is 4.80. The number of hydrogen-bond donors (Lipinski definition) is 0. The van der Waals surface area contributed by atoms with Crippen LogP contribution in [0.1, 0.15) is 39.0 Å². The maximum absolute atomic E-state index is 12.9. The maximum atomic E-state index is 12.9. The van der Waals surface area contributed by atoms with Gasteiger partial charge in [-0.3, -0.25) is 9.10 Å². The van der Waals surface area contributed by atoms with Gasteiger partial charge in [-0.1, -0.05) is 42.5 Å². The lowest BCUT2D eigenvalue weighted by Gasteiger charge is -2.36. The normalized spacial score (nSPS) is 17.2. The van der Waals surface area contributed by atoms with E-state index >= 15 is 0 Å². The maximum Gasteiger partial charge on any atom is 0.246 e. The molecule has 1 aliphatic rings. The van der Waals surface area contributed by atoms with Crippen LogP contribution in [0, 0.1) is 0 Å². The lowest BCUT2D eigenvalue weighted by Crippen LogP contribution is -2.51. The molecule has 2 rings (SSSR count). The first-order chi connectivity index (χ1) is 11.6. The highest BCUT2D eigenvalue weighted by Crippen LogP contribution is 2.33. The summed E-state index contributed by atoms with van der Waals surface area (Å²) in [6.45, 7) is 1.58. The molecule has 0 radical (unpaired) electrons. The Hall–Kier alpha value is -0.980. The van der Waals surface area contributed by atoms with Crippen molar-refractivity contribution in [2.75, 3.05) is 17.6 Å². The molecule has 0 saturated heterocycles. The predicted octanol–water partition coefficient (Wildman–Crippen LogP) is 3.94. The topological polar surface area (TPSA) is 57.7 Å². The van der Waals surface area contributed by atoms with Gasteiger partial charge in [0.2, 0.25) is 15.9 Å². The second kappa shape index (κ2) is 8.14. The number of carbonyl (C=O) groups is 1. The van der Waals surface area contributed by atoms with Gasteiger partial charge < -0.3 is 4.90 Å². The number of anilines is 1. The van der Waals surface area contributed by atoms with E-state index in [1.54, 1.807) is 24.9 Å². The van der Waals surface area contributed by atoms with Crippen molar-refractivity contribution in [2.45, 2.75) is 51.1 Å². The minimum absolute atomic E-state index is 0.153. The average molecular weight is 407 g/mol.